The van der Waals surface area contributed by atoms with Crippen molar-refractivity contribution in [3.05, 3.63) is 35.9 Å². The minimum atomic E-state index is -0.615. The summed E-state index contributed by atoms with van der Waals surface area (Å²) < 4.78 is 0. The Morgan fingerprint density at radius 3 is 2.89 bits per heavy atom. The number of fused-ring (bicyclic) bond motifs is 1. The van der Waals surface area contributed by atoms with Crippen LogP contribution in [0.25, 0.3) is 10.9 Å². The van der Waals surface area contributed by atoms with Gasteiger partial charge in [-0.2, -0.15) is 0 Å². The molecule has 0 saturated carbocycles. The largest absolute Gasteiger partial charge is 0.388 e. The molecule has 1 aliphatic rings. The van der Waals surface area contributed by atoms with E-state index in [4.69, 9.17) is 10.7 Å². The van der Waals surface area contributed by atoms with Gasteiger partial charge in [0, 0.05) is 25.0 Å². The zero-order valence-electron chi connectivity index (χ0n) is 11.1. The standard InChI is InChI=1S/C15H19N3O/c1-15(19)6-7-18(10-15)14-8-11(9-16)12-4-2-3-5-13(12)17-14/h2-5,8,19H,6-7,9-10,16H2,1H3. The first-order chi connectivity index (χ1) is 9.09. The number of hydrogen-bond donors (Lipinski definition) is 2. The molecule has 1 saturated heterocycles. The van der Waals surface area contributed by atoms with E-state index in [-0.39, 0.29) is 0 Å². The van der Waals surface area contributed by atoms with E-state index in [1.807, 2.05) is 31.2 Å². The second-order valence-electron chi connectivity index (χ2n) is 5.53. The van der Waals surface area contributed by atoms with Crippen molar-refractivity contribution in [2.24, 2.45) is 5.73 Å². The van der Waals surface area contributed by atoms with Crippen LogP contribution >= 0.6 is 0 Å². The van der Waals surface area contributed by atoms with Crippen molar-refractivity contribution in [3.63, 3.8) is 0 Å². The third kappa shape index (κ3) is 2.29. The first kappa shape index (κ1) is 12.4. The molecule has 4 heteroatoms. The maximum atomic E-state index is 10.1. The van der Waals surface area contributed by atoms with E-state index < -0.39 is 5.60 Å². The minimum absolute atomic E-state index is 0.500. The third-order valence-corrected chi connectivity index (χ3v) is 3.78. The van der Waals surface area contributed by atoms with Crippen LogP contribution in [0.1, 0.15) is 18.9 Å². The SMILES string of the molecule is CC1(O)CCN(c2cc(CN)c3ccccc3n2)C1. The lowest BCUT2D eigenvalue weighted by Gasteiger charge is -2.21. The number of rotatable bonds is 2. The topological polar surface area (TPSA) is 62.4 Å². The molecule has 2 aromatic rings. The van der Waals surface area contributed by atoms with Crippen LogP contribution in [0.2, 0.25) is 0 Å². The van der Waals surface area contributed by atoms with Gasteiger partial charge in [-0.25, -0.2) is 4.98 Å². The quantitative estimate of drug-likeness (QED) is 0.859. The average Bonchev–Trinajstić information content (AvgIpc) is 2.78. The zero-order valence-corrected chi connectivity index (χ0v) is 11.1. The maximum absolute atomic E-state index is 10.1. The number of benzene rings is 1. The average molecular weight is 257 g/mol. The van der Waals surface area contributed by atoms with Crippen molar-refractivity contribution in [1.29, 1.82) is 0 Å². The van der Waals surface area contributed by atoms with Crippen LogP contribution in [0.15, 0.2) is 30.3 Å². The van der Waals surface area contributed by atoms with Gasteiger partial charge in [0.2, 0.25) is 0 Å². The van der Waals surface area contributed by atoms with E-state index in [9.17, 15) is 5.11 Å². The Morgan fingerprint density at radius 2 is 2.21 bits per heavy atom. The Bertz CT molecular complexity index is 609. The molecule has 2 heterocycles. The van der Waals surface area contributed by atoms with Crippen molar-refractivity contribution in [3.8, 4) is 0 Å². The van der Waals surface area contributed by atoms with Crippen LogP contribution in [0, 0.1) is 0 Å². The van der Waals surface area contributed by atoms with Crippen molar-refractivity contribution < 1.29 is 5.11 Å². The molecule has 1 unspecified atom stereocenters. The van der Waals surface area contributed by atoms with Gasteiger partial charge in [0.15, 0.2) is 0 Å². The summed E-state index contributed by atoms with van der Waals surface area (Å²) in [6.07, 6.45) is 0.777. The smallest absolute Gasteiger partial charge is 0.129 e. The molecule has 0 amide bonds. The molecule has 1 atom stereocenters. The molecular formula is C15H19N3O. The normalized spacial score (nSPS) is 23.2. The fourth-order valence-corrected chi connectivity index (χ4v) is 2.70. The predicted octanol–water partition coefficient (Wildman–Crippen LogP) is 1.65. The summed E-state index contributed by atoms with van der Waals surface area (Å²) in [7, 11) is 0. The highest BCUT2D eigenvalue weighted by Gasteiger charge is 2.32. The van der Waals surface area contributed by atoms with Gasteiger partial charge in [0.1, 0.15) is 5.82 Å². The molecule has 1 aromatic carbocycles. The van der Waals surface area contributed by atoms with E-state index in [1.54, 1.807) is 0 Å². The Kier molecular flexibility index (Phi) is 2.92. The minimum Gasteiger partial charge on any atom is -0.388 e. The lowest BCUT2D eigenvalue weighted by atomic mass is 10.1. The number of aromatic nitrogens is 1. The number of β-amino-alcohol motifs (C(OH)–C–C–N with tert-alkyl or cyclic N) is 1. The molecule has 0 radical (unpaired) electrons. The fourth-order valence-electron chi connectivity index (χ4n) is 2.70. The second kappa shape index (κ2) is 4.47. The summed E-state index contributed by atoms with van der Waals surface area (Å²) in [6, 6.07) is 10.1. The summed E-state index contributed by atoms with van der Waals surface area (Å²) in [6.45, 7) is 3.84. The summed E-state index contributed by atoms with van der Waals surface area (Å²) in [4.78, 5) is 6.82. The van der Waals surface area contributed by atoms with Crippen molar-refractivity contribution in [1.82, 2.24) is 4.98 Å². The van der Waals surface area contributed by atoms with Crippen molar-refractivity contribution in [2.75, 3.05) is 18.0 Å². The van der Waals surface area contributed by atoms with Gasteiger partial charge in [0.05, 0.1) is 11.1 Å². The highest BCUT2D eigenvalue weighted by molar-refractivity contribution is 5.84. The molecule has 0 spiro atoms. The fraction of sp³-hybridized carbons (Fsp3) is 0.400. The van der Waals surface area contributed by atoms with E-state index in [2.05, 4.69) is 11.0 Å². The highest BCUT2D eigenvalue weighted by Crippen LogP contribution is 2.28. The summed E-state index contributed by atoms with van der Waals surface area (Å²) in [5, 5.41) is 11.2. The highest BCUT2D eigenvalue weighted by atomic mass is 16.3. The Labute approximate surface area is 112 Å². The first-order valence-electron chi connectivity index (χ1n) is 6.65. The van der Waals surface area contributed by atoms with E-state index >= 15 is 0 Å². The summed E-state index contributed by atoms with van der Waals surface area (Å²) in [5.74, 6) is 0.914. The number of anilines is 1. The van der Waals surface area contributed by atoms with Gasteiger partial charge in [-0.15, -0.1) is 0 Å². The van der Waals surface area contributed by atoms with E-state index in [0.29, 0.717) is 13.1 Å². The number of pyridine rings is 1. The second-order valence-corrected chi connectivity index (χ2v) is 5.53. The predicted molar refractivity (Wildman–Crippen MR) is 77.1 cm³/mol. The third-order valence-electron chi connectivity index (χ3n) is 3.78. The molecule has 0 aliphatic carbocycles. The molecule has 3 N–H and O–H groups in total. The Morgan fingerprint density at radius 1 is 1.42 bits per heavy atom. The number of para-hydroxylation sites is 1. The monoisotopic (exact) mass is 257 g/mol. The molecule has 1 fully saturated rings. The zero-order chi connectivity index (χ0) is 13.5. The van der Waals surface area contributed by atoms with Gasteiger partial charge < -0.3 is 15.7 Å². The van der Waals surface area contributed by atoms with Crippen LogP contribution in [0.4, 0.5) is 5.82 Å². The molecule has 3 rings (SSSR count). The molecule has 4 nitrogen and oxygen atoms in total. The Hall–Kier alpha value is -1.65. The Balaban J connectivity index is 2.05. The van der Waals surface area contributed by atoms with E-state index in [0.717, 1.165) is 35.2 Å². The van der Waals surface area contributed by atoms with Crippen LogP contribution in [-0.4, -0.2) is 28.8 Å². The maximum Gasteiger partial charge on any atom is 0.129 e. The van der Waals surface area contributed by atoms with Gasteiger partial charge in [-0.1, -0.05) is 18.2 Å². The van der Waals surface area contributed by atoms with Gasteiger partial charge in [-0.05, 0) is 31.0 Å². The van der Waals surface area contributed by atoms with Crippen LogP contribution in [0.3, 0.4) is 0 Å². The lowest BCUT2D eigenvalue weighted by molar-refractivity contribution is 0.0839. The van der Waals surface area contributed by atoms with Crippen molar-refractivity contribution in [2.45, 2.75) is 25.5 Å². The van der Waals surface area contributed by atoms with Crippen LogP contribution in [-0.2, 0) is 6.54 Å². The number of nitrogens with zero attached hydrogens (tertiary/aromatic N) is 2. The molecule has 100 valence electrons. The van der Waals surface area contributed by atoms with Crippen LogP contribution < -0.4 is 10.6 Å². The van der Waals surface area contributed by atoms with E-state index in [1.165, 1.54) is 0 Å². The molecule has 1 aromatic heterocycles. The van der Waals surface area contributed by atoms with Gasteiger partial charge >= 0.3 is 0 Å². The number of hydrogen-bond acceptors (Lipinski definition) is 4. The summed E-state index contributed by atoms with van der Waals surface area (Å²) >= 11 is 0. The van der Waals surface area contributed by atoms with Crippen LogP contribution in [0.5, 0.6) is 0 Å². The lowest BCUT2D eigenvalue weighted by Crippen LogP contribution is -2.30. The van der Waals surface area contributed by atoms with Gasteiger partial charge in [-0.3, -0.25) is 0 Å². The molecule has 0 bridgehead atoms. The van der Waals surface area contributed by atoms with Gasteiger partial charge in [0.25, 0.3) is 0 Å². The van der Waals surface area contributed by atoms with Crippen molar-refractivity contribution >= 4 is 16.7 Å². The number of nitrogens with two attached hydrogens (primary N) is 1. The summed E-state index contributed by atoms with van der Waals surface area (Å²) in [5.41, 5.74) is 7.29. The molecular weight excluding hydrogens is 238 g/mol. The molecule has 19 heavy (non-hydrogen) atoms. The molecule has 1 aliphatic heterocycles. The first-order valence-corrected chi connectivity index (χ1v) is 6.65. The number of aliphatic hydroxyl groups is 1.